The smallest absolute Gasteiger partial charge is 0.326 e. The maximum Gasteiger partial charge on any atom is 0.326 e. The van der Waals surface area contributed by atoms with Gasteiger partial charge in [-0.3, -0.25) is 24.2 Å². The number of aliphatic imine (C=N–C) groups is 1. The number of nitrogens with two attached hydrogens (primary N) is 4. The number of carboxylic acids is 1. The third kappa shape index (κ3) is 12.4. The number of carboxylic acid groups (broad SMARTS) is 1. The Kier molecular flexibility index (Phi) is 13.9. The van der Waals surface area contributed by atoms with Crippen LogP contribution in [0.5, 0.6) is 5.75 Å². The normalized spacial score (nSPS) is 13.8. The number of phenols is 1. The number of rotatable bonds is 17. The molecule has 0 radical (unpaired) electrons. The van der Waals surface area contributed by atoms with Gasteiger partial charge in [-0.25, -0.2) is 4.79 Å². The molecule has 4 atom stereocenters. The van der Waals surface area contributed by atoms with E-state index in [9.17, 15) is 34.2 Å². The van der Waals surface area contributed by atoms with Gasteiger partial charge in [-0.2, -0.15) is 0 Å². The molecule has 0 saturated carbocycles. The minimum absolute atomic E-state index is 0.00205. The van der Waals surface area contributed by atoms with Crippen molar-refractivity contribution in [2.75, 3.05) is 6.54 Å². The van der Waals surface area contributed by atoms with E-state index in [0.717, 1.165) is 0 Å². The third-order valence-corrected chi connectivity index (χ3v) is 5.85. The molecule has 40 heavy (non-hydrogen) atoms. The fourth-order valence-corrected chi connectivity index (χ4v) is 3.62. The summed E-state index contributed by atoms with van der Waals surface area (Å²) < 4.78 is 0. The molecule has 0 aliphatic carbocycles. The quantitative estimate of drug-likeness (QED) is 0.0558. The Bertz CT molecular complexity index is 1060. The van der Waals surface area contributed by atoms with Crippen molar-refractivity contribution in [1.29, 1.82) is 0 Å². The molecular weight excluding hydrogens is 524 g/mol. The lowest BCUT2D eigenvalue weighted by Crippen LogP contribution is -2.58. The van der Waals surface area contributed by atoms with Crippen molar-refractivity contribution in [3.05, 3.63) is 29.8 Å². The first kappa shape index (κ1) is 33.6. The molecular formula is C25H40N8O7. The van der Waals surface area contributed by atoms with Crippen molar-refractivity contribution in [3.63, 3.8) is 0 Å². The predicted octanol–water partition coefficient (Wildman–Crippen LogP) is -2.22. The highest BCUT2D eigenvalue weighted by Gasteiger charge is 2.31. The zero-order valence-electron chi connectivity index (χ0n) is 22.6. The summed E-state index contributed by atoms with van der Waals surface area (Å²) in [7, 11) is 0. The minimum atomic E-state index is -1.32. The zero-order chi connectivity index (χ0) is 30.4. The Morgan fingerprint density at radius 2 is 1.48 bits per heavy atom. The monoisotopic (exact) mass is 564 g/mol. The first-order valence-corrected chi connectivity index (χ1v) is 12.7. The molecule has 15 heteroatoms. The van der Waals surface area contributed by atoms with E-state index >= 15 is 0 Å². The van der Waals surface area contributed by atoms with Crippen molar-refractivity contribution < 1.29 is 34.2 Å². The van der Waals surface area contributed by atoms with Gasteiger partial charge < -0.3 is 49.1 Å². The van der Waals surface area contributed by atoms with Crippen LogP contribution in [-0.2, 0) is 30.4 Å². The molecule has 0 saturated heterocycles. The number of carbonyl (C=O) groups excluding carboxylic acids is 4. The van der Waals surface area contributed by atoms with E-state index in [2.05, 4.69) is 20.9 Å². The third-order valence-electron chi connectivity index (χ3n) is 5.85. The summed E-state index contributed by atoms with van der Waals surface area (Å²) in [6.07, 6.45) is -0.0810. The van der Waals surface area contributed by atoms with Crippen LogP contribution >= 0.6 is 0 Å². The van der Waals surface area contributed by atoms with Gasteiger partial charge in [0.15, 0.2) is 5.96 Å². The van der Waals surface area contributed by atoms with Crippen LogP contribution in [0.2, 0.25) is 0 Å². The number of phenolic OH excluding ortho intramolecular Hbond substituents is 1. The lowest BCUT2D eigenvalue weighted by atomic mass is 10.00. The van der Waals surface area contributed by atoms with Crippen molar-refractivity contribution in [2.45, 2.75) is 70.1 Å². The summed E-state index contributed by atoms with van der Waals surface area (Å²) in [5, 5.41) is 26.3. The number of nitrogens with zero attached hydrogens (tertiary/aromatic N) is 1. The molecule has 4 amide bonds. The van der Waals surface area contributed by atoms with E-state index in [1.54, 1.807) is 26.0 Å². The molecule has 4 unspecified atom stereocenters. The first-order valence-electron chi connectivity index (χ1n) is 12.7. The van der Waals surface area contributed by atoms with E-state index in [0.29, 0.717) is 5.56 Å². The lowest BCUT2D eigenvalue weighted by molar-refractivity contribution is -0.142. The number of carbonyl (C=O) groups is 5. The predicted molar refractivity (Wildman–Crippen MR) is 146 cm³/mol. The molecule has 1 rings (SSSR count). The second-order valence-electron chi connectivity index (χ2n) is 9.62. The van der Waals surface area contributed by atoms with Gasteiger partial charge in [0.25, 0.3) is 0 Å². The molecule has 1 aromatic carbocycles. The van der Waals surface area contributed by atoms with Crippen LogP contribution < -0.4 is 38.9 Å². The van der Waals surface area contributed by atoms with Gasteiger partial charge in [0.1, 0.15) is 23.9 Å². The molecule has 0 aromatic heterocycles. The average molecular weight is 565 g/mol. The second-order valence-corrected chi connectivity index (χ2v) is 9.62. The summed E-state index contributed by atoms with van der Waals surface area (Å²) in [6.45, 7) is 3.49. The molecule has 0 aliphatic rings. The van der Waals surface area contributed by atoms with Gasteiger partial charge in [-0.15, -0.1) is 0 Å². The van der Waals surface area contributed by atoms with Gasteiger partial charge >= 0.3 is 5.97 Å². The largest absolute Gasteiger partial charge is 0.508 e. The Morgan fingerprint density at radius 1 is 0.875 bits per heavy atom. The van der Waals surface area contributed by atoms with Crippen LogP contribution in [-0.4, -0.2) is 76.5 Å². The van der Waals surface area contributed by atoms with E-state index in [1.165, 1.54) is 12.1 Å². The van der Waals surface area contributed by atoms with E-state index in [1.807, 2.05) is 0 Å². The number of benzene rings is 1. The SMILES string of the molecule is CC(C)C(NC(=O)C(N)Cc1ccc(O)cc1)C(=O)NC(CCC(N)=O)C(=O)NC(CCCN=C(N)N)C(=O)O. The maximum atomic E-state index is 13.1. The van der Waals surface area contributed by atoms with Crippen molar-refractivity contribution in [1.82, 2.24) is 16.0 Å². The summed E-state index contributed by atoms with van der Waals surface area (Å²) in [4.78, 5) is 65.7. The number of amides is 4. The molecule has 0 spiro atoms. The average Bonchev–Trinajstić information content (AvgIpc) is 2.86. The van der Waals surface area contributed by atoms with Crippen LogP contribution in [0.15, 0.2) is 29.3 Å². The summed E-state index contributed by atoms with van der Waals surface area (Å²) >= 11 is 0. The highest BCUT2D eigenvalue weighted by atomic mass is 16.4. The van der Waals surface area contributed by atoms with E-state index < -0.39 is 59.7 Å². The van der Waals surface area contributed by atoms with Gasteiger partial charge in [0.05, 0.1) is 6.04 Å². The van der Waals surface area contributed by atoms with Gasteiger partial charge in [0, 0.05) is 13.0 Å². The van der Waals surface area contributed by atoms with Crippen LogP contribution in [0, 0.1) is 5.92 Å². The van der Waals surface area contributed by atoms with E-state index in [4.69, 9.17) is 22.9 Å². The Morgan fingerprint density at radius 3 is 2.00 bits per heavy atom. The van der Waals surface area contributed by atoms with Crippen LogP contribution in [0.3, 0.4) is 0 Å². The highest BCUT2D eigenvalue weighted by Crippen LogP contribution is 2.12. The van der Waals surface area contributed by atoms with E-state index in [-0.39, 0.29) is 50.4 Å². The minimum Gasteiger partial charge on any atom is -0.508 e. The molecule has 0 heterocycles. The molecule has 15 nitrogen and oxygen atoms in total. The van der Waals surface area contributed by atoms with Crippen molar-refractivity contribution >= 4 is 35.6 Å². The molecule has 1 aromatic rings. The molecule has 0 aliphatic heterocycles. The van der Waals surface area contributed by atoms with Crippen LogP contribution in [0.4, 0.5) is 0 Å². The van der Waals surface area contributed by atoms with Crippen LogP contribution in [0.1, 0.15) is 45.1 Å². The summed E-state index contributed by atoms with van der Waals surface area (Å²) in [5.74, 6) is -4.75. The number of primary amides is 1. The van der Waals surface area contributed by atoms with Gasteiger partial charge in [-0.1, -0.05) is 26.0 Å². The standard InChI is InChI=1S/C25H40N8O7/c1-13(2)20(33-21(36)16(26)12-14-5-7-15(34)8-6-14)23(38)31-17(9-10-19(27)35)22(37)32-18(24(39)40)4-3-11-30-25(28)29/h5-8,13,16-18,20,34H,3-4,9-12,26H2,1-2H3,(H2,27,35)(H,31,38)(H,32,37)(H,33,36)(H,39,40)(H4,28,29,30). The zero-order valence-corrected chi connectivity index (χ0v) is 22.6. The fourth-order valence-electron chi connectivity index (χ4n) is 3.62. The Labute approximate surface area is 232 Å². The highest BCUT2D eigenvalue weighted by molar-refractivity contribution is 5.94. The molecule has 0 fully saturated rings. The second kappa shape index (κ2) is 16.5. The van der Waals surface area contributed by atoms with Crippen LogP contribution in [0.25, 0.3) is 0 Å². The number of guanidine groups is 1. The topological polar surface area (TPSA) is 278 Å². The number of hydrogen-bond acceptors (Lipinski definition) is 8. The number of hydrogen-bond donors (Lipinski definition) is 9. The lowest BCUT2D eigenvalue weighted by Gasteiger charge is -2.27. The van der Waals surface area contributed by atoms with Crippen molar-refractivity contribution in [2.24, 2.45) is 33.8 Å². The first-order chi connectivity index (χ1) is 18.7. The Balaban J connectivity index is 2.94. The fraction of sp³-hybridized carbons (Fsp3) is 0.520. The summed E-state index contributed by atoms with van der Waals surface area (Å²) in [6, 6.07) is 1.41. The number of aromatic hydroxyl groups is 1. The molecule has 0 bridgehead atoms. The van der Waals surface area contributed by atoms with Crippen molar-refractivity contribution in [3.8, 4) is 5.75 Å². The number of nitrogens with one attached hydrogen (secondary N) is 3. The molecule has 222 valence electrons. The maximum absolute atomic E-state index is 13.1. The number of aliphatic carboxylic acids is 1. The summed E-state index contributed by atoms with van der Waals surface area (Å²) in [5.41, 5.74) is 22.4. The van der Waals surface area contributed by atoms with Gasteiger partial charge in [-0.05, 0) is 49.3 Å². The van der Waals surface area contributed by atoms with Gasteiger partial charge in [0.2, 0.25) is 23.6 Å². The Hall–Kier alpha value is -4.40. The molecule has 13 N–H and O–H groups in total.